The second kappa shape index (κ2) is 6.23. The summed E-state index contributed by atoms with van der Waals surface area (Å²) in [5.74, 6) is 0. The summed E-state index contributed by atoms with van der Waals surface area (Å²) in [6, 6.07) is 27.6. The predicted molar refractivity (Wildman–Crippen MR) is 92.0 cm³/mol. The van der Waals surface area contributed by atoms with E-state index in [1.165, 1.54) is 27.8 Å². The van der Waals surface area contributed by atoms with Crippen LogP contribution in [0.5, 0.6) is 0 Å². The lowest BCUT2D eigenvalue weighted by Gasteiger charge is -2.08. The van der Waals surface area contributed by atoms with Gasteiger partial charge in [0.1, 0.15) is 0 Å². The largest absolute Gasteiger partial charge is 0.0622 e. The summed E-state index contributed by atoms with van der Waals surface area (Å²) in [4.78, 5) is 0. The van der Waals surface area contributed by atoms with Gasteiger partial charge in [-0.2, -0.15) is 0 Å². The fourth-order valence-corrected chi connectivity index (χ4v) is 2.45. The SMILES string of the molecule is Cc1ccc(-c2ccccc2)c(/C=C/c2ccccc2)c1. The maximum Gasteiger partial charge on any atom is -0.0111 e. The summed E-state index contributed by atoms with van der Waals surface area (Å²) in [5.41, 5.74) is 6.28. The molecule has 0 fully saturated rings. The van der Waals surface area contributed by atoms with E-state index in [1.807, 2.05) is 6.07 Å². The van der Waals surface area contributed by atoms with Gasteiger partial charge in [0.15, 0.2) is 0 Å². The van der Waals surface area contributed by atoms with Crippen molar-refractivity contribution < 1.29 is 0 Å². The van der Waals surface area contributed by atoms with Crippen molar-refractivity contribution in [3.05, 3.63) is 95.6 Å². The number of benzene rings is 3. The smallest absolute Gasteiger partial charge is 0.0111 e. The summed E-state index contributed by atoms with van der Waals surface area (Å²) in [5, 5.41) is 0. The number of aryl methyl sites for hydroxylation is 1. The summed E-state index contributed by atoms with van der Waals surface area (Å²) < 4.78 is 0. The van der Waals surface area contributed by atoms with Gasteiger partial charge in [0.2, 0.25) is 0 Å². The maximum atomic E-state index is 2.24. The van der Waals surface area contributed by atoms with E-state index >= 15 is 0 Å². The highest BCUT2D eigenvalue weighted by Crippen LogP contribution is 2.26. The highest BCUT2D eigenvalue weighted by Gasteiger charge is 2.02. The van der Waals surface area contributed by atoms with Crippen LogP contribution in [0.1, 0.15) is 16.7 Å². The molecular weight excluding hydrogens is 252 g/mol. The van der Waals surface area contributed by atoms with Crippen molar-refractivity contribution in [1.82, 2.24) is 0 Å². The molecule has 0 N–H and O–H groups in total. The molecule has 0 aliphatic rings. The second-order valence-corrected chi connectivity index (χ2v) is 5.20. The molecule has 21 heavy (non-hydrogen) atoms. The van der Waals surface area contributed by atoms with E-state index < -0.39 is 0 Å². The van der Waals surface area contributed by atoms with Crippen molar-refractivity contribution >= 4 is 12.2 Å². The van der Waals surface area contributed by atoms with Gasteiger partial charge in [0.05, 0.1) is 0 Å². The first-order chi connectivity index (χ1) is 10.3. The highest BCUT2D eigenvalue weighted by atomic mass is 14.1. The molecule has 0 radical (unpaired) electrons. The lowest BCUT2D eigenvalue weighted by Crippen LogP contribution is -1.85. The van der Waals surface area contributed by atoms with Gasteiger partial charge < -0.3 is 0 Å². The third-order valence-electron chi connectivity index (χ3n) is 3.55. The average Bonchev–Trinajstić information content (AvgIpc) is 2.55. The topological polar surface area (TPSA) is 0 Å². The highest BCUT2D eigenvalue weighted by molar-refractivity contribution is 5.81. The van der Waals surface area contributed by atoms with Crippen LogP contribution in [-0.4, -0.2) is 0 Å². The van der Waals surface area contributed by atoms with Crippen molar-refractivity contribution in [3.63, 3.8) is 0 Å². The average molecular weight is 270 g/mol. The molecule has 0 nitrogen and oxygen atoms in total. The Bertz CT molecular complexity index is 738. The molecule has 0 spiro atoms. The second-order valence-electron chi connectivity index (χ2n) is 5.20. The third kappa shape index (κ3) is 3.29. The van der Waals surface area contributed by atoms with E-state index in [0.29, 0.717) is 0 Å². The van der Waals surface area contributed by atoms with Gasteiger partial charge in [-0.15, -0.1) is 0 Å². The Morgan fingerprint density at radius 1 is 0.667 bits per heavy atom. The minimum Gasteiger partial charge on any atom is -0.0622 e. The molecule has 0 saturated carbocycles. The van der Waals surface area contributed by atoms with Crippen LogP contribution < -0.4 is 0 Å². The minimum absolute atomic E-state index is 1.22. The van der Waals surface area contributed by atoms with Crippen LogP contribution in [0, 0.1) is 6.92 Å². The molecule has 0 aromatic heterocycles. The van der Waals surface area contributed by atoms with Gasteiger partial charge in [0, 0.05) is 0 Å². The van der Waals surface area contributed by atoms with Gasteiger partial charge in [-0.3, -0.25) is 0 Å². The fourth-order valence-electron chi connectivity index (χ4n) is 2.45. The van der Waals surface area contributed by atoms with Crippen molar-refractivity contribution in [2.24, 2.45) is 0 Å². The Morgan fingerprint density at radius 3 is 2.05 bits per heavy atom. The van der Waals surface area contributed by atoms with Gasteiger partial charge in [0.25, 0.3) is 0 Å². The first kappa shape index (κ1) is 13.4. The predicted octanol–water partition coefficient (Wildman–Crippen LogP) is 5.83. The van der Waals surface area contributed by atoms with Gasteiger partial charge in [-0.1, -0.05) is 96.6 Å². The van der Waals surface area contributed by atoms with Crippen molar-refractivity contribution in [2.75, 3.05) is 0 Å². The first-order valence-electron chi connectivity index (χ1n) is 7.22. The van der Waals surface area contributed by atoms with Gasteiger partial charge >= 0.3 is 0 Å². The van der Waals surface area contributed by atoms with Crippen LogP contribution in [0.2, 0.25) is 0 Å². The molecule has 0 amide bonds. The molecule has 3 aromatic carbocycles. The normalized spacial score (nSPS) is 10.9. The molecule has 3 aromatic rings. The Morgan fingerprint density at radius 2 is 1.33 bits per heavy atom. The van der Waals surface area contributed by atoms with Crippen molar-refractivity contribution in [1.29, 1.82) is 0 Å². The molecule has 0 unspecified atom stereocenters. The van der Waals surface area contributed by atoms with Crippen LogP contribution in [0.25, 0.3) is 23.3 Å². The number of hydrogen-bond donors (Lipinski definition) is 0. The molecule has 0 heterocycles. The Hall–Kier alpha value is -2.60. The monoisotopic (exact) mass is 270 g/mol. The molecule has 0 atom stereocenters. The van der Waals surface area contributed by atoms with Crippen molar-refractivity contribution in [2.45, 2.75) is 6.92 Å². The lowest BCUT2D eigenvalue weighted by atomic mass is 9.97. The minimum atomic E-state index is 1.22. The number of rotatable bonds is 3. The summed E-state index contributed by atoms with van der Waals surface area (Å²) in [6.45, 7) is 2.13. The molecule has 0 aliphatic heterocycles. The molecule has 0 bridgehead atoms. The first-order valence-corrected chi connectivity index (χ1v) is 7.22. The molecule has 0 saturated heterocycles. The van der Waals surface area contributed by atoms with E-state index in [2.05, 4.69) is 91.9 Å². The van der Waals surface area contributed by atoms with E-state index in [-0.39, 0.29) is 0 Å². The Kier molecular flexibility index (Phi) is 3.97. The van der Waals surface area contributed by atoms with E-state index in [9.17, 15) is 0 Å². The van der Waals surface area contributed by atoms with Crippen molar-refractivity contribution in [3.8, 4) is 11.1 Å². The molecule has 102 valence electrons. The summed E-state index contributed by atoms with van der Waals surface area (Å²) in [7, 11) is 0. The van der Waals surface area contributed by atoms with E-state index in [1.54, 1.807) is 0 Å². The fraction of sp³-hybridized carbons (Fsp3) is 0.0476. The quantitative estimate of drug-likeness (QED) is 0.525. The molecule has 3 rings (SSSR count). The van der Waals surface area contributed by atoms with Crippen LogP contribution >= 0.6 is 0 Å². The van der Waals surface area contributed by atoms with E-state index in [4.69, 9.17) is 0 Å². The van der Waals surface area contributed by atoms with E-state index in [0.717, 1.165) is 0 Å². The lowest BCUT2D eigenvalue weighted by molar-refractivity contribution is 1.45. The van der Waals surface area contributed by atoms with Crippen LogP contribution in [0.15, 0.2) is 78.9 Å². The van der Waals surface area contributed by atoms with Crippen LogP contribution in [-0.2, 0) is 0 Å². The maximum absolute atomic E-state index is 2.24. The molecule has 0 heteroatoms. The Labute approximate surface area is 126 Å². The van der Waals surface area contributed by atoms with Crippen LogP contribution in [0.3, 0.4) is 0 Å². The molecule has 0 aliphatic carbocycles. The number of hydrogen-bond acceptors (Lipinski definition) is 0. The summed E-state index contributed by atoms with van der Waals surface area (Å²) >= 11 is 0. The molecular formula is C21H18. The summed E-state index contributed by atoms with van der Waals surface area (Å²) in [6.07, 6.45) is 4.37. The Balaban J connectivity index is 2.02. The van der Waals surface area contributed by atoms with Crippen LogP contribution in [0.4, 0.5) is 0 Å². The third-order valence-corrected chi connectivity index (χ3v) is 3.55. The van der Waals surface area contributed by atoms with Gasteiger partial charge in [-0.25, -0.2) is 0 Å². The zero-order valence-corrected chi connectivity index (χ0v) is 12.2. The van der Waals surface area contributed by atoms with Gasteiger partial charge in [-0.05, 0) is 29.2 Å². The zero-order chi connectivity index (χ0) is 14.5. The zero-order valence-electron chi connectivity index (χ0n) is 12.2. The standard InChI is InChI=1S/C21H18/c1-17-12-15-21(19-10-6-3-7-11-19)20(16-17)14-13-18-8-4-2-5-9-18/h2-16H,1H3/b14-13+.